The normalized spacial score (nSPS) is 13.1. The molecule has 1 atom stereocenters. The van der Waals surface area contributed by atoms with Crippen molar-refractivity contribution in [3.63, 3.8) is 0 Å². The van der Waals surface area contributed by atoms with Crippen molar-refractivity contribution in [1.29, 1.82) is 0 Å². The molecule has 0 spiro atoms. The quantitative estimate of drug-likeness (QED) is 0.529. The Morgan fingerprint density at radius 2 is 1.27 bits per heavy atom. The predicted molar refractivity (Wildman–Crippen MR) is 96.4 cm³/mol. The fourth-order valence-electron chi connectivity index (χ4n) is 1.94. The molecule has 138 valence electrons. The van der Waals surface area contributed by atoms with E-state index in [1.54, 1.807) is 24.3 Å². The Labute approximate surface area is 154 Å². The molecule has 0 aliphatic heterocycles. The molecule has 0 aliphatic carbocycles. The van der Waals surface area contributed by atoms with Gasteiger partial charge in [0, 0.05) is 0 Å². The maximum Gasteiger partial charge on any atom is 0.298 e. The van der Waals surface area contributed by atoms with Gasteiger partial charge in [-0.05, 0) is 38.1 Å². The highest BCUT2D eigenvalue weighted by molar-refractivity contribution is 7.87. The van der Waals surface area contributed by atoms with E-state index in [0.29, 0.717) is 0 Å². The highest BCUT2D eigenvalue weighted by Gasteiger charge is 2.23. The van der Waals surface area contributed by atoms with Crippen LogP contribution in [0, 0.1) is 26.2 Å². The lowest BCUT2D eigenvalue weighted by Crippen LogP contribution is -2.24. The second-order valence-electron chi connectivity index (χ2n) is 5.57. The number of benzene rings is 2. The first-order chi connectivity index (χ1) is 12.1. The van der Waals surface area contributed by atoms with E-state index in [2.05, 4.69) is 5.92 Å². The number of terminal acetylenes is 1. The Bertz CT molecular complexity index is 999. The van der Waals surface area contributed by atoms with E-state index < -0.39 is 32.9 Å². The van der Waals surface area contributed by atoms with Crippen molar-refractivity contribution in [2.24, 2.45) is 0 Å². The molecule has 6 nitrogen and oxygen atoms in total. The summed E-state index contributed by atoms with van der Waals surface area (Å²) in [5.74, 6) is 2.08. The van der Waals surface area contributed by atoms with Crippen LogP contribution in [0.15, 0.2) is 58.3 Å². The van der Waals surface area contributed by atoms with E-state index in [9.17, 15) is 16.8 Å². The first-order valence-corrected chi connectivity index (χ1v) is 10.4. The van der Waals surface area contributed by atoms with E-state index in [1.165, 1.54) is 24.3 Å². The summed E-state index contributed by atoms with van der Waals surface area (Å²) in [4.78, 5) is -0.134. The molecule has 0 N–H and O–H groups in total. The van der Waals surface area contributed by atoms with Crippen LogP contribution in [0.25, 0.3) is 0 Å². The third-order valence-electron chi connectivity index (χ3n) is 3.42. The Morgan fingerprint density at radius 1 is 0.846 bits per heavy atom. The summed E-state index contributed by atoms with van der Waals surface area (Å²) in [5, 5.41) is 0. The summed E-state index contributed by atoms with van der Waals surface area (Å²) in [5.41, 5.74) is 1.77. The summed E-state index contributed by atoms with van der Waals surface area (Å²) < 4.78 is 58.5. The second-order valence-corrected chi connectivity index (χ2v) is 8.76. The van der Waals surface area contributed by atoms with Crippen LogP contribution in [0.5, 0.6) is 0 Å². The minimum atomic E-state index is -4.14. The smallest absolute Gasteiger partial charge is 0.262 e. The first-order valence-electron chi connectivity index (χ1n) is 7.56. The van der Waals surface area contributed by atoms with Gasteiger partial charge in [0.05, 0.1) is 9.79 Å². The zero-order chi connectivity index (χ0) is 19.4. The van der Waals surface area contributed by atoms with Crippen molar-refractivity contribution in [3.8, 4) is 12.3 Å². The minimum Gasteiger partial charge on any atom is -0.262 e. The van der Waals surface area contributed by atoms with Crippen LogP contribution in [0.2, 0.25) is 0 Å². The van der Waals surface area contributed by atoms with Gasteiger partial charge >= 0.3 is 0 Å². The lowest BCUT2D eigenvalue weighted by Gasteiger charge is -2.13. The molecular weight excluding hydrogens is 376 g/mol. The lowest BCUT2D eigenvalue weighted by molar-refractivity contribution is 0.179. The fourth-order valence-corrected chi connectivity index (χ4v) is 3.85. The van der Waals surface area contributed by atoms with Crippen LogP contribution in [-0.2, 0) is 28.6 Å². The van der Waals surface area contributed by atoms with Crippen molar-refractivity contribution < 1.29 is 25.2 Å². The van der Waals surface area contributed by atoms with Crippen LogP contribution in [0.4, 0.5) is 0 Å². The maximum absolute atomic E-state index is 12.2. The van der Waals surface area contributed by atoms with Gasteiger partial charge in [-0.25, -0.2) is 4.18 Å². The highest BCUT2D eigenvalue weighted by Crippen LogP contribution is 2.17. The van der Waals surface area contributed by atoms with E-state index in [-0.39, 0.29) is 9.79 Å². The Morgan fingerprint density at radius 3 is 1.69 bits per heavy atom. The van der Waals surface area contributed by atoms with Gasteiger partial charge in [0.2, 0.25) is 0 Å². The number of aryl methyl sites for hydroxylation is 2. The van der Waals surface area contributed by atoms with Crippen molar-refractivity contribution in [2.75, 3.05) is 6.61 Å². The van der Waals surface area contributed by atoms with Crippen LogP contribution >= 0.6 is 0 Å². The molecule has 2 aromatic rings. The van der Waals surface area contributed by atoms with Crippen LogP contribution < -0.4 is 0 Å². The van der Waals surface area contributed by atoms with Gasteiger partial charge in [-0.1, -0.05) is 41.3 Å². The molecule has 8 heteroatoms. The standard InChI is InChI=1S/C18H18O6S2/c1-4-16(24-26(21,22)18-11-7-15(3)8-12-18)13-23-25(19,20)17-9-5-14(2)6-10-17/h1,5-12,16H,13H2,2-3H3. The molecule has 0 heterocycles. The highest BCUT2D eigenvalue weighted by atomic mass is 32.2. The summed E-state index contributed by atoms with van der Waals surface area (Å²) in [6, 6.07) is 12.0. The zero-order valence-electron chi connectivity index (χ0n) is 14.2. The summed E-state index contributed by atoms with van der Waals surface area (Å²) in [7, 11) is -8.22. The summed E-state index contributed by atoms with van der Waals surface area (Å²) in [6.45, 7) is 3.00. The zero-order valence-corrected chi connectivity index (χ0v) is 15.9. The molecule has 0 bridgehead atoms. The van der Waals surface area contributed by atoms with Gasteiger partial charge < -0.3 is 0 Å². The number of hydrogen-bond donors (Lipinski definition) is 0. The van der Waals surface area contributed by atoms with Gasteiger partial charge in [-0.2, -0.15) is 16.8 Å². The average Bonchev–Trinajstić information content (AvgIpc) is 2.59. The predicted octanol–water partition coefficient (Wildman–Crippen LogP) is 2.42. The minimum absolute atomic E-state index is 0.0553. The van der Waals surface area contributed by atoms with E-state index in [4.69, 9.17) is 14.8 Å². The molecule has 0 radical (unpaired) electrons. The molecular formula is C18H18O6S2. The summed E-state index contributed by atoms with van der Waals surface area (Å²) >= 11 is 0. The third-order valence-corrected chi connectivity index (χ3v) is 6.05. The Hall–Kier alpha value is -2.18. The lowest BCUT2D eigenvalue weighted by atomic mass is 10.2. The fraction of sp³-hybridized carbons (Fsp3) is 0.222. The molecule has 0 saturated heterocycles. The SMILES string of the molecule is C#CC(COS(=O)(=O)c1ccc(C)cc1)OS(=O)(=O)c1ccc(C)cc1. The molecule has 2 aromatic carbocycles. The first kappa shape index (κ1) is 20.1. The molecule has 0 amide bonds. The van der Waals surface area contributed by atoms with Crippen molar-refractivity contribution in [3.05, 3.63) is 59.7 Å². The van der Waals surface area contributed by atoms with E-state index in [0.717, 1.165) is 11.1 Å². The second kappa shape index (κ2) is 8.01. The third kappa shape index (κ3) is 5.16. The van der Waals surface area contributed by atoms with Crippen molar-refractivity contribution in [1.82, 2.24) is 0 Å². The molecule has 0 aliphatic rings. The molecule has 0 fully saturated rings. The topological polar surface area (TPSA) is 86.7 Å². The average molecular weight is 394 g/mol. The van der Waals surface area contributed by atoms with Gasteiger partial charge in [0.1, 0.15) is 6.61 Å². The van der Waals surface area contributed by atoms with Crippen LogP contribution in [-0.4, -0.2) is 29.5 Å². The summed E-state index contributed by atoms with van der Waals surface area (Å²) in [6.07, 6.45) is 3.87. The van der Waals surface area contributed by atoms with Gasteiger partial charge in [0.15, 0.2) is 6.10 Å². The number of hydrogen-bond acceptors (Lipinski definition) is 6. The van der Waals surface area contributed by atoms with Gasteiger partial charge in [-0.15, -0.1) is 6.42 Å². The maximum atomic E-state index is 12.2. The molecule has 0 saturated carbocycles. The van der Waals surface area contributed by atoms with Gasteiger partial charge in [-0.3, -0.25) is 4.18 Å². The van der Waals surface area contributed by atoms with Crippen molar-refractivity contribution in [2.45, 2.75) is 29.7 Å². The monoisotopic (exact) mass is 394 g/mol. The Balaban J connectivity index is 2.09. The van der Waals surface area contributed by atoms with E-state index in [1.807, 2.05) is 13.8 Å². The van der Waals surface area contributed by atoms with Crippen LogP contribution in [0.1, 0.15) is 11.1 Å². The van der Waals surface area contributed by atoms with Crippen LogP contribution in [0.3, 0.4) is 0 Å². The van der Waals surface area contributed by atoms with Gasteiger partial charge in [0.25, 0.3) is 20.2 Å². The molecule has 0 aromatic heterocycles. The molecule has 2 rings (SSSR count). The van der Waals surface area contributed by atoms with Crippen molar-refractivity contribution >= 4 is 20.2 Å². The van der Waals surface area contributed by atoms with E-state index >= 15 is 0 Å². The Kier molecular flexibility index (Phi) is 6.21. The largest absolute Gasteiger partial charge is 0.298 e. The molecule has 1 unspecified atom stereocenters. The number of rotatable bonds is 7. The molecule has 26 heavy (non-hydrogen) atoms.